The Morgan fingerprint density at radius 1 is 0.364 bits per heavy atom. The van der Waals surface area contributed by atoms with E-state index in [2.05, 4.69) is 0 Å². The van der Waals surface area contributed by atoms with Crippen LogP contribution in [0.25, 0.3) is 0 Å². The molecular formula is C11F21N. The molecule has 0 aromatic rings. The normalized spacial score (nSPS) is 39.9. The molecule has 0 aromatic heterocycles. The Morgan fingerprint density at radius 2 is 0.667 bits per heavy atom. The summed E-state index contributed by atoms with van der Waals surface area (Å²) in [6, 6.07) is -16.5. The van der Waals surface area contributed by atoms with Gasteiger partial charge in [-0.2, -0.15) is 83.4 Å². The maximum atomic E-state index is 14.6. The van der Waals surface area contributed by atoms with Crippen molar-refractivity contribution in [3.8, 4) is 0 Å². The summed E-state index contributed by atoms with van der Waals surface area (Å²) in [5.41, 5.74) is -8.84. The zero-order valence-electron chi connectivity index (χ0n) is 13.9. The molecule has 22 heteroatoms. The molecule has 0 spiro atoms. The van der Waals surface area contributed by atoms with E-state index in [1.165, 1.54) is 0 Å². The number of halogens is 21. The van der Waals surface area contributed by atoms with Crippen LogP contribution in [0.4, 0.5) is 92.2 Å². The van der Waals surface area contributed by atoms with E-state index >= 15 is 0 Å². The zero-order valence-corrected chi connectivity index (χ0v) is 13.9. The van der Waals surface area contributed by atoms with E-state index in [0.29, 0.717) is 0 Å². The summed E-state index contributed by atoms with van der Waals surface area (Å²) in [7, 11) is 0. The third kappa shape index (κ3) is 2.18. The summed E-state index contributed by atoms with van der Waals surface area (Å²) < 4.78 is 283. The molecule has 1 nitrogen and oxygen atoms in total. The van der Waals surface area contributed by atoms with Crippen LogP contribution in [0.2, 0.25) is 0 Å². The van der Waals surface area contributed by atoms with Crippen molar-refractivity contribution in [1.29, 1.82) is 0 Å². The van der Waals surface area contributed by atoms with Gasteiger partial charge in [-0.05, 0) is 0 Å². The van der Waals surface area contributed by atoms with Crippen LogP contribution in [-0.2, 0) is 0 Å². The fraction of sp³-hybridized carbons (Fsp3) is 1.00. The molecule has 1 aliphatic heterocycles. The third-order valence-corrected chi connectivity index (χ3v) is 4.90. The molecule has 0 N–H and O–H groups in total. The molecule has 2 rings (SSSR count). The van der Waals surface area contributed by atoms with E-state index in [9.17, 15) is 92.2 Å². The molecule has 1 aliphatic carbocycles. The molecule has 0 radical (unpaired) electrons. The highest BCUT2D eigenvalue weighted by molar-refractivity contribution is 5.33. The Kier molecular flexibility index (Phi) is 4.89. The van der Waals surface area contributed by atoms with Crippen LogP contribution in [0.1, 0.15) is 0 Å². The summed E-state index contributed by atoms with van der Waals surface area (Å²) in [5, 5.41) is 0. The smallest absolute Gasteiger partial charge is 0.220 e. The first kappa shape index (κ1) is 27.7. The molecule has 1 saturated carbocycles. The van der Waals surface area contributed by atoms with Crippen LogP contribution < -0.4 is 0 Å². The molecule has 2 fully saturated rings. The first-order valence-electron chi connectivity index (χ1n) is 7.14. The molecule has 0 amide bonds. The van der Waals surface area contributed by atoms with Gasteiger partial charge in [-0.25, -0.2) is 8.78 Å². The van der Waals surface area contributed by atoms with Crippen molar-refractivity contribution < 1.29 is 92.2 Å². The highest BCUT2D eigenvalue weighted by Gasteiger charge is 3.10. The average Bonchev–Trinajstić information content (AvgIpc) is 2.63. The minimum Gasteiger partial charge on any atom is -0.220 e. The van der Waals surface area contributed by atoms with Crippen molar-refractivity contribution in [1.82, 2.24) is 4.90 Å². The molecule has 2 unspecified atom stereocenters. The fourth-order valence-electron chi connectivity index (χ4n) is 3.10. The number of rotatable bonds is 1. The SMILES string of the molecule is FC(F)(F)C1(F)C(F)(F)C(F)(F)C(F)(F)C(F)(N2C(F)(F)C(F)(F)C(F)(F)C2(F)F)C1(F)F. The fourth-order valence-corrected chi connectivity index (χ4v) is 3.10. The van der Waals surface area contributed by atoms with Gasteiger partial charge in [-0.1, -0.05) is 0 Å². The van der Waals surface area contributed by atoms with Crippen molar-refractivity contribution >= 4 is 0 Å². The highest BCUT2D eigenvalue weighted by Crippen LogP contribution is 2.77. The van der Waals surface area contributed by atoms with Gasteiger partial charge in [0.05, 0.1) is 0 Å². The molecule has 0 bridgehead atoms. The average molecular weight is 545 g/mol. The minimum absolute atomic E-state index is 4.84. The first-order chi connectivity index (χ1) is 13.9. The van der Waals surface area contributed by atoms with Gasteiger partial charge in [0.25, 0.3) is 0 Å². The van der Waals surface area contributed by atoms with Crippen LogP contribution in [-0.4, -0.2) is 70.2 Å². The van der Waals surface area contributed by atoms with Gasteiger partial charge < -0.3 is 0 Å². The van der Waals surface area contributed by atoms with Gasteiger partial charge >= 0.3 is 65.3 Å². The van der Waals surface area contributed by atoms with Crippen LogP contribution in [0.5, 0.6) is 0 Å². The van der Waals surface area contributed by atoms with Crippen LogP contribution in [0.3, 0.4) is 0 Å². The molecule has 1 heterocycles. The number of hydrogen-bond donors (Lipinski definition) is 0. The second-order valence-corrected chi connectivity index (χ2v) is 6.64. The van der Waals surface area contributed by atoms with Crippen LogP contribution in [0, 0.1) is 0 Å². The van der Waals surface area contributed by atoms with Crippen molar-refractivity contribution in [3.63, 3.8) is 0 Å². The van der Waals surface area contributed by atoms with Gasteiger partial charge in [-0.3, -0.25) is 0 Å². The predicted molar refractivity (Wildman–Crippen MR) is 55.1 cm³/mol. The van der Waals surface area contributed by atoms with E-state index in [0.717, 1.165) is 0 Å². The van der Waals surface area contributed by atoms with Crippen molar-refractivity contribution in [2.75, 3.05) is 0 Å². The number of alkyl halides is 21. The van der Waals surface area contributed by atoms with E-state index in [-0.39, 0.29) is 0 Å². The third-order valence-electron chi connectivity index (χ3n) is 4.90. The van der Waals surface area contributed by atoms with Gasteiger partial charge in [0, 0.05) is 0 Å². The van der Waals surface area contributed by atoms with Gasteiger partial charge in [0.2, 0.25) is 0 Å². The molecule has 2 aliphatic rings. The number of likely N-dealkylation sites (tertiary alicyclic amines) is 1. The Bertz CT molecular complexity index is 812. The lowest BCUT2D eigenvalue weighted by Gasteiger charge is -2.58. The standard InChI is InChI=1S/C11F21N/c12-1(9(26,27)28)2(13,14)4(17,18)5(19,20)8(25,3(1,15)16)33-10(29,30)6(21,22)7(23,24)11(33,31)32. The molecule has 33 heavy (non-hydrogen) atoms. The van der Waals surface area contributed by atoms with E-state index in [1.807, 2.05) is 0 Å². The van der Waals surface area contributed by atoms with Gasteiger partial charge in [-0.15, -0.1) is 4.90 Å². The Labute approximate surface area is 164 Å². The second kappa shape index (κ2) is 5.82. The van der Waals surface area contributed by atoms with E-state index in [4.69, 9.17) is 0 Å². The maximum absolute atomic E-state index is 14.6. The topological polar surface area (TPSA) is 3.24 Å². The number of hydrogen-bond acceptors (Lipinski definition) is 1. The Balaban J connectivity index is 3.19. The van der Waals surface area contributed by atoms with Crippen LogP contribution in [0.15, 0.2) is 0 Å². The molecule has 196 valence electrons. The lowest BCUT2D eigenvalue weighted by atomic mass is 9.69. The molecule has 0 aromatic carbocycles. The molecule has 1 saturated heterocycles. The zero-order chi connectivity index (χ0) is 27.1. The first-order valence-corrected chi connectivity index (χ1v) is 7.14. The summed E-state index contributed by atoms with van der Waals surface area (Å²) in [4.78, 5) is -4.84. The van der Waals surface area contributed by atoms with Crippen molar-refractivity contribution in [3.05, 3.63) is 0 Å². The van der Waals surface area contributed by atoms with Gasteiger partial charge in [0.15, 0.2) is 0 Å². The van der Waals surface area contributed by atoms with Gasteiger partial charge in [0.1, 0.15) is 0 Å². The van der Waals surface area contributed by atoms with Crippen molar-refractivity contribution in [2.45, 2.75) is 65.3 Å². The van der Waals surface area contributed by atoms with Crippen LogP contribution >= 0.6 is 0 Å². The monoisotopic (exact) mass is 545 g/mol. The maximum Gasteiger partial charge on any atom is 0.435 e. The summed E-state index contributed by atoms with van der Waals surface area (Å²) in [6.45, 7) is 0. The molecule has 2 atom stereocenters. The highest BCUT2D eigenvalue weighted by atomic mass is 19.4. The number of nitrogens with zero attached hydrogens (tertiary/aromatic N) is 1. The van der Waals surface area contributed by atoms with E-state index < -0.39 is 70.2 Å². The lowest BCUT2D eigenvalue weighted by Crippen LogP contribution is -2.92. The summed E-state index contributed by atoms with van der Waals surface area (Å²) in [5.74, 6) is -60.1. The Hall–Kier alpha value is -1.51. The summed E-state index contributed by atoms with van der Waals surface area (Å²) >= 11 is 0. The lowest BCUT2D eigenvalue weighted by molar-refractivity contribution is -0.536. The quantitative estimate of drug-likeness (QED) is 0.279. The van der Waals surface area contributed by atoms with E-state index in [1.54, 1.807) is 0 Å². The summed E-state index contributed by atoms with van der Waals surface area (Å²) in [6.07, 6.45) is -8.44. The minimum atomic E-state index is -9.03. The van der Waals surface area contributed by atoms with Crippen molar-refractivity contribution in [2.24, 2.45) is 0 Å². The Morgan fingerprint density at radius 3 is 0.939 bits per heavy atom. The molecular weight excluding hydrogens is 545 g/mol. The largest absolute Gasteiger partial charge is 0.435 e. The predicted octanol–water partition coefficient (Wildman–Crippen LogP) is 6.25. The second-order valence-electron chi connectivity index (χ2n) is 6.64.